The van der Waals surface area contributed by atoms with E-state index in [1.165, 1.54) is 0 Å². The summed E-state index contributed by atoms with van der Waals surface area (Å²) < 4.78 is 58.4. The molecule has 0 N–H and O–H groups in total. The van der Waals surface area contributed by atoms with Gasteiger partial charge in [0.2, 0.25) is 10.0 Å². The van der Waals surface area contributed by atoms with Crippen LogP contribution in [-0.2, 0) is 19.6 Å². The number of carbonyl (C=O) groups excluding carboxylic acids is 1. The first-order chi connectivity index (χ1) is 11.4. The molecule has 0 bridgehead atoms. The number of halogens is 2. The third-order valence-electron chi connectivity index (χ3n) is 4.27. The zero-order valence-corrected chi connectivity index (χ0v) is 13.8. The van der Waals surface area contributed by atoms with Crippen LogP contribution in [0.15, 0.2) is 23.1 Å². The molecule has 0 saturated carbocycles. The van der Waals surface area contributed by atoms with Gasteiger partial charge in [-0.2, -0.15) is 4.31 Å². The fourth-order valence-electron chi connectivity index (χ4n) is 2.94. The zero-order chi connectivity index (χ0) is 17.3. The predicted octanol–water partition coefficient (Wildman–Crippen LogP) is 0.977. The van der Waals surface area contributed by atoms with E-state index >= 15 is 0 Å². The summed E-state index contributed by atoms with van der Waals surface area (Å²) in [7, 11) is -4.13. The lowest BCUT2D eigenvalue weighted by Crippen LogP contribution is -2.52. The molecular weight excluding hydrogens is 342 g/mol. The summed E-state index contributed by atoms with van der Waals surface area (Å²) in [5.74, 6) is -1.95. The third kappa shape index (κ3) is 3.28. The highest BCUT2D eigenvalue weighted by Crippen LogP contribution is 2.22. The van der Waals surface area contributed by atoms with Crippen molar-refractivity contribution >= 4 is 15.9 Å². The summed E-state index contributed by atoms with van der Waals surface area (Å²) in [6.45, 7) is 1.04. The molecule has 0 aliphatic carbocycles. The van der Waals surface area contributed by atoms with E-state index in [2.05, 4.69) is 0 Å². The quantitative estimate of drug-likeness (QED) is 0.806. The van der Waals surface area contributed by atoms with Gasteiger partial charge >= 0.3 is 0 Å². The first-order valence-electron chi connectivity index (χ1n) is 7.75. The van der Waals surface area contributed by atoms with Crippen LogP contribution in [0.4, 0.5) is 8.78 Å². The second-order valence-corrected chi connectivity index (χ2v) is 7.71. The Balaban J connectivity index is 1.69. The SMILES string of the molecule is O=C([C@@H]1CCCO1)N1CCN(S(=O)(=O)c2cc(F)ccc2F)CC1. The molecular formula is C15H18F2N2O4S. The first-order valence-corrected chi connectivity index (χ1v) is 9.19. The van der Waals surface area contributed by atoms with Crippen molar-refractivity contribution in [2.24, 2.45) is 0 Å². The van der Waals surface area contributed by atoms with Gasteiger partial charge < -0.3 is 9.64 Å². The van der Waals surface area contributed by atoms with Gasteiger partial charge in [0.25, 0.3) is 5.91 Å². The van der Waals surface area contributed by atoms with E-state index in [1.807, 2.05) is 0 Å². The number of hydrogen-bond donors (Lipinski definition) is 0. The molecule has 24 heavy (non-hydrogen) atoms. The van der Waals surface area contributed by atoms with Crippen molar-refractivity contribution in [2.45, 2.75) is 23.8 Å². The maximum atomic E-state index is 13.8. The van der Waals surface area contributed by atoms with Crippen LogP contribution < -0.4 is 0 Å². The van der Waals surface area contributed by atoms with Crippen molar-refractivity contribution in [1.29, 1.82) is 0 Å². The van der Waals surface area contributed by atoms with Crippen LogP contribution in [0, 0.1) is 11.6 Å². The molecule has 1 aromatic carbocycles. The lowest BCUT2D eigenvalue weighted by Gasteiger charge is -2.35. The number of rotatable bonds is 3. The molecule has 3 rings (SSSR count). The summed E-state index contributed by atoms with van der Waals surface area (Å²) in [4.78, 5) is 13.1. The largest absolute Gasteiger partial charge is 0.368 e. The maximum absolute atomic E-state index is 13.8. The number of hydrogen-bond acceptors (Lipinski definition) is 4. The van der Waals surface area contributed by atoms with Gasteiger partial charge in [0.05, 0.1) is 0 Å². The molecule has 0 radical (unpaired) electrons. The monoisotopic (exact) mass is 360 g/mol. The summed E-state index contributed by atoms with van der Waals surface area (Å²) in [6, 6.07) is 2.33. The van der Waals surface area contributed by atoms with Gasteiger partial charge in [0.15, 0.2) is 0 Å². The lowest BCUT2D eigenvalue weighted by molar-refractivity contribution is -0.142. The molecule has 2 saturated heterocycles. The highest BCUT2D eigenvalue weighted by molar-refractivity contribution is 7.89. The zero-order valence-electron chi connectivity index (χ0n) is 13.0. The van der Waals surface area contributed by atoms with Gasteiger partial charge in [-0.25, -0.2) is 17.2 Å². The summed E-state index contributed by atoms with van der Waals surface area (Å²) in [6.07, 6.45) is 1.06. The standard InChI is InChI=1S/C15H18F2N2O4S/c16-11-3-4-12(17)14(10-11)24(21,22)19-7-5-18(6-8-19)15(20)13-2-1-9-23-13/h3-4,10,13H,1-2,5-9H2/t13-/m0/s1. The molecule has 0 aromatic heterocycles. The maximum Gasteiger partial charge on any atom is 0.251 e. The molecule has 2 fully saturated rings. The fraction of sp³-hybridized carbons (Fsp3) is 0.533. The topological polar surface area (TPSA) is 66.9 Å². The third-order valence-corrected chi connectivity index (χ3v) is 6.18. The highest BCUT2D eigenvalue weighted by atomic mass is 32.2. The van der Waals surface area contributed by atoms with Crippen molar-refractivity contribution in [3.63, 3.8) is 0 Å². The Morgan fingerprint density at radius 1 is 1.17 bits per heavy atom. The van der Waals surface area contributed by atoms with Crippen molar-refractivity contribution in [1.82, 2.24) is 9.21 Å². The van der Waals surface area contributed by atoms with Crippen molar-refractivity contribution in [2.75, 3.05) is 32.8 Å². The highest BCUT2D eigenvalue weighted by Gasteiger charge is 2.35. The summed E-state index contributed by atoms with van der Waals surface area (Å²) in [5, 5.41) is 0. The molecule has 6 nitrogen and oxygen atoms in total. The lowest BCUT2D eigenvalue weighted by atomic mass is 10.2. The Hall–Kier alpha value is -1.58. The molecule has 2 heterocycles. The van der Waals surface area contributed by atoms with Gasteiger partial charge in [-0.15, -0.1) is 0 Å². The van der Waals surface area contributed by atoms with Gasteiger partial charge in [-0.05, 0) is 31.0 Å². The number of nitrogens with zero attached hydrogens (tertiary/aromatic N) is 2. The Morgan fingerprint density at radius 3 is 2.50 bits per heavy atom. The van der Waals surface area contributed by atoms with Crippen LogP contribution in [0.5, 0.6) is 0 Å². The van der Waals surface area contributed by atoms with Crippen LogP contribution in [0.2, 0.25) is 0 Å². The summed E-state index contributed by atoms with van der Waals surface area (Å²) in [5.41, 5.74) is 0. The van der Waals surface area contributed by atoms with Crippen molar-refractivity contribution < 1.29 is 26.7 Å². The Morgan fingerprint density at radius 2 is 1.88 bits per heavy atom. The number of piperazine rings is 1. The Labute approximate surface area is 139 Å². The minimum atomic E-state index is -4.13. The fourth-order valence-corrected chi connectivity index (χ4v) is 4.44. The molecule has 2 aliphatic heterocycles. The van der Waals surface area contributed by atoms with Gasteiger partial charge in [0, 0.05) is 32.8 Å². The molecule has 1 amide bonds. The summed E-state index contributed by atoms with van der Waals surface area (Å²) >= 11 is 0. The molecule has 9 heteroatoms. The molecule has 1 atom stereocenters. The van der Waals surface area contributed by atoms with E-state index in [0.717, 1.165) is 22.9 Å². The van der Waals surface area contributed by atoms with E-state index in [9.17, 15) is 22.0 Å². The molecule has 0 unspecified atom stereocenters. The van der Waals surface area contributed by atoms with Crippen LogP contribution in [0.25, 0.3) is 0 Å². The van der Waals surface area contributed by atoms with E-state index in [0.29, 0.717) is 19.1 Å². The second kappa shape index (κ2) is 6.73. The van der Waals surface area contributed by atoms with Crippen molar-refractivity contribution in [3.8, 4) is 0 Å². The molecule has 0 spiro atoms. The van der Waals surface area contributed by atoms with Crippen LogP contribution >= 0.6 is 0 Å². The molecule has 2 aliphatic rings. The minimum Gasteiger partial charge on any atom is -0.368 e. The Bertz CT molecular complexity index is 727. The number of benzene rings is 1. The average Bonchev–Trinajstić information content (AvgIpc) is 3.11. The van der Waals surface area contributed by atoms with Crippen molar-refractivity contribution in [3.05, 3.63) is 29.8 Å². The number of sulfonamides is 1. The smallest absolute Gasteiger partial charge is 0.251 e. The molecule has 1 aromatic rings. The normalized spacial score (nSPS) is 22.8. The number of ether oxygens (including phenoxy) is 1. The molecule has 132 valence electrons. The van der Waals surface area contributed by atoms with Gasteiger partial charge in [-0.1, -0.05) is 0 Å². The van der Waals surface area contributed by atoms with Gasteiger partial charge in [0.1, 0.15) is 22.6 Å². The predicted molar refractivity (Wildman–Crippen MR) is 80.7 cm³/mol. The van der Waals surface area contributed by atoms with E-state index in [4.69, 9.17) is 4.74 Å². The average molecular weight is 360 g/mol. The minimum absolute atomic E-state index is 0.0384. The van der Waals surface area contributed by atoms with E-state index in [1.54, 1.807) is 4.90 Å². The number of carbonyl (C=O) groups is 1. The van der Waals surface area contributed by atoms with E-state index < -0.39 is 32.7 Å². The second-order valence-electron chi connectivity index (χ2n) is 5.81. The van der Waals surface area contributed by atoms with E-state index in [-0.39, 0.29) is 32.1 Å². The number of amides is 1. The van der Waals surface area contributed by atoms with Crippen LogP contribution in [-0.4, -0.2) is 62.4 Å². The Kier molecular flexibility index (Phi) is 4.84. The van der Waals surface area contributed by atoms with Crippen LogP contribution in [0.3, 0.4) is 0 Å². The van der Waals surface area contributed by atoms with Gasteiger partial charge in [-0.3, -0.25) is 4.79 Å². The first kappa shape index (κ1) is 17.2. The van der Waals surface area contributed by atoms with Crippen LogP contribution in [0.1, 0.15) is 12.8 Å².